The molecule has 4 heteroatoms. The van der Waals surface area contributed by atoms with Gasteiger partial charge < -0.3 is 0 Å². The van der Waals surface area contributed by atoms with Gasteiger partial charge in [0.15, 0.2) is 0 Å². The number of nitrogens with one attached hydrogen (secondary N) is 1. The molecule has 0 aliphatic rings. The average Bonchev–Trinajstić information content (AvgIpc) is 3.06. The third-order valence-corrected chi connectivity index (χ3v) is 3.66. The number of nitriles is 1. The van der Waals surface area contributed by atoms with Crippen LogP contribution in [0.5, 0.6) is 0 Å². The minimum absolute atomic E-state index is 0.361. The van der Waals surface area contributed by atoms with Gasteiger partial charge in [-0.25, -0.2) is 0 Å². The van der Waals surface area contributed by atoms with Crippen molar-refractivity contribution < 1.29 is 0 Å². The Bertz CT molecular complexity index is 772. The molecule has 0 saturated heterocycles. The van der Waals surface area contributed by atoms with Gasteiger partial charge in [-0.2, -0.15) is 10.4 Å². The van der Waals surface area contributed by atoms with Crippen molar-refractivity contribution >= 4 is 0 Å². The van der Waals surface area contributed by atoms with E-state index < -0.39 is 0 Å². The second-order valence-corrected chi connectivity index (χ2v) is 5.39. The molecule has 0 fully saturated rings. The number of rotatable bonds is 6. The van der Waals surface area contributed by atoms with Gasteiger partial charge in [0.05, 0.1) is 18.8 Å². The van der Waals surface area contributed by atoms with Crippen LogP contribution in [0.25, 0.3) is 0 Å². The molecule has 1 aromatic heterocycles. The van der Waals surface area contributed by atoms with E-state index in [9.17, 15) is 5.26 Å². The molecule has 0 aliphatic heterocycles. The van der Waals surface area contributed by atoms with Crippen molar-refractivity contribution in [3.8, 4) is 6.07 Å². The normalized spacial score (nSPS) is 11.8. The molecule has 114 valence electrons. The standard InChI is InChI=1S/C19H18N4/c20-11-19(21-12-16-7-3-1-4-8-16)18-13-22-23(15-18)14-17-9-5-2-6-10-17/h1-10,13,15,19,21H,12,14H2. The molecule has 0 radical (unpaired) electrons. The van der Waals surface area contributed by atoms with Crippen LogP contribution in [0.4, 0.5) is 0 Å². The van der Waals surface area contributed by atoms with Crippen molar-refractivity contribution in [3.05, 3.63) is 89.7 Å². The van der Waals surface area contributed by atoms with Crippen LogP contribution in [0.1, 0.15) is 22.7 Å². The fourth-order valence-electron chi connectivity index (χ4n) is 2.44. The average molecular weight is 302 g/mol. The summed E-state index contributed by atoms with van der Waals surface area (Å²) in [5.41, 5.74) is 3.23. The first kappa shape index (κ1) is 15.0. The van der Waals surface area contributed by atoms with Gasteiger partial charge in [0, 0.05) is 18.3 Å². The summed E-state index contributed by atoms with van der Waals surface area (Å²) in [6.07, 6.45) is 3.69. The molecule has 0 saturated carbocycles. The number of nitrogens with zero attached hydrogens (tertiary/aromatic N) is 3. The van der Waals surface area contributed by atoms with E-state index in [2.05, 4.69) is 28.6 Å². The van der Waals surface area contributed by atoms with E-state index in [0.717, 1.165) is 11.1 Å². The van der Waals surface area contributed by atoms with Gasteiger partial charge >= 0.3 is 0 Å². The van der Waals surface area contributed by atoms with E-state index in [1.807, 2.05) is 59.4 Å². The van der Waals surface area contributed by atoms with Gasteiger partial charge in [-0.05, 0) is 11.1 Å². The molecule has 0 bridgehead atoms. The molecule has 0 spiro atoms. The van der Waals surface area contributed by atoms with Gasteiger partial charge in [-0.3, -0.25) is 10.00 Å². The summed E-state index contributed by atoms with van der Waals surface area (Å²) >= 11 is 0. The predicted molar refractivity (Wildman–Crippen MR) is 89.4 cm³/mol. The van der Waals surface area contributed by atoms with E-state index in [-0.39, 0.29) is 6.04 Å². The Labute approximate surface area is 136 Å². The molecule has 0 amide bonds. The molecule has 1 N–H and O–H groups in total. The molecule has 2 aromatic carbocycles. The Hall–Kier alpha value is -2.90. The Balaban J connectivity index is 1.64. The zero-order valence-corrected chi connectivity index (χ0v) is 12.8. The van der Waals surface area contributed by atoms with Crippen LogP contribution in [0.15, 0.2) is 73.1 Å². The van der Waals surface area contributed by atoms with Crippen molar-refractivity contribution in [1.29, 1.82) is 5.26 Å². The lowest BCUT2D eigenvalue weighted by Crippen LogP contribution is -2.19. The van der Waals surface area contributed by atoms with Crippen molar-refractivity contribution in [2.45, 2.75) is 19.1 Å². The van der Waals surface area contributed by atoms with E-state index in [1.54, 1.807) is 6.20 Å². The van der Waals surface area contributed by atoms with Crippen molar-refractivity contribution in [3.63, 3.8) is 0 Å². The summed E-state index contributed by atoms with van der Waals surface area (Å²) in [5, 5.41) is 17.0. The molecule has 1 unspecified atom stereocenters. The molecule has 0 aliphatic carbocycles. The molecular weight excluding hydrogens is 284 g/mol. The quantitative estimate of drug-likeness (QED) is 0.760. The minimum Gasteiger partial charge on any atom is -0.294 e. The zero-order valence-electron chi connectivity index (χ0n) is 12.8. The molecule has 23 heavy (non-hydrogen) atoms. The maximum Gasteiger partial charge on any atom is 0.124 e. The van der Waals surface area contributed by atoms with Crippen LogP contribution in [-0.4, -0.2) is 9.78 Å². The summed E-state index contributed by atoms with van der Waals surface area (Å²) in [6.45, 7) is 1.36. The second kappa shape index (κ2) is 7.39. The Morgan fingerprint density at radius 1 is 1.00 bits per heavy atom. The fourth-order valence-corrected chi connectivity index (χ4v) is 2.44. The molecule has 1 atom stereocenters. The lowest BCUT2D eigenvalue weighted by Gasteiger charge is -2.09. The lowest BCUT2D eigenvalue weighted by molar-refractivity contribution is 0.628. The number of benzene rings is 2. The first-order valence-electron chi connectivity index (χ1n) is 7.58. The molecule has 4 nitrogen and oxygen atoms in total. The Morgan fingerprint density at radius 3 is 2.30 bits per heavy atom. The van der Waals surface area contributed by atoms with Gasteiger partial charge in [0.2, 0.25) is 0 Å². The summed E-state index contributed by atoms with van der Waals surface area (Å²) in [7, 11) is 0. The summed E-state index contributed by atoms with van der Waals surface area (Å²) in [5.74, 6) is 0. The Kier molecular flexibility index (Phi) is 4.82. The predicted octanol–water partition coefficient (Wildman–Crippen LogP) is 3.29. The van der Waals surface area contributed by atoms with E-state index >= 15 is 0 Å². The number of hydrogen-bond donors (Lipinski definition) is 1. The molecule has 3 aromatic rings. The highest BCUT2D eigenvalue weighted by molar-refractivity contribution is 5.21. The van der Waals surface area contributed by atoms with Crippen molar-refractivity contribution in [2.75, 3.05) is 0 Å². The van der Waals surface area contributed by atoms with Crippen LogP contribution in [0.2, 0.25) is 0 Å². The zero-order chi connectivity index (χ0) is 15.9. The topological polar surface area (TPSA) is 53.6 Å². The van der Waals surface area contributed by atoms with E-state index in [0.29, 0.717) is 13.1 Å². The van der Waals surface area contributed by atoms with Crippen molar-refractivity contribution in [1.82, 2.24) is 15.1 Å². The maximum absolute atomic E-state index is 9.41. The van der Waals surface area contributed by atoms with Gasteiger partial charge in [-0.1, -0.05) is 60.7 Å². The highest BCUT2D eigenvalue weighted by atomic mass is 15.3. The maximum atomic E-state index is 9.41. The highest BCUT2D eigenvalue weighted by Gasteiger charge is 2.12. The van der Waals surface area contributed by atoms with E-state index in [1.165, 1.54) is 5.56 Å². The van der Waals surface area contributed by atoms with Gasteiger partial charge in [0.1, 0.15) is 6.04 Å². The summed E-state index contributed by atoms with van der Waals surface area (Å²) < 4.78 is 1.86. The third-order valence-electron chi connectivity index (χ3n) is 3.66. The van der Waals surface area contributed by atoms with Crippen LogP contribution < -0.4 is 5.32 Å². The SMILES string of the molecule is N#CC(NCc1ccccc1)c1cnn(Cc2ccccc2)c1. The van der Waals surface area contributed by atoms with Crippen LogP contribution >= 0.6 is 0 Å². The minimum atomic E-state index is -0.361. The van der Waals surface area contributed by atoms with Crippen LogP contribution in [0, 0.1) is 11.3 Å². The molecular formula is C19H18N4. The monoisotopic (exact) mass is 302 g/mol. The fraction of sp³-hybridized carbons (Fsp3) is 0.158. The smallest absolute Gasteiger partial charge is 0.124 e. The van der Waals surface area contributed by atoms with Crippen molar-refractivity contribution in [2.24, 2.45) is 0 Å². The molecule has 1 heterocycles. The van der Waals surface area contributed by atoms with Crippen LogP contribution in [0.3, 0.4) is 0 Å². The first-order chi connectivity index (χ1) is 11.3. The van der Waals surface area contributed by atoms with Gasteiger partial charge in [-0.15, -0.1) is 0 Å². The lowest BCUT2D eigenvalue weighted by atomic mass is 10.1. The summed E-state index contributed by atoms with van der Waals surface area (Å²) in [4.78, 5) is 0. The van der Waals surface area contributed by atoms with E-state index in [4.69, 9.17) is 0 Å². The highest BCUT2D eigenvalue weighted by Crippen LogP contribution is 2.13. The van der Waals surface area contributed by atoms with Gasteiger partial charge in [0.25, 0.3) is 0 Å². The number of hydrogen-bond acceptors (Lipinski definition) is 3. The number of aromatic nitrogens is 2. The first-order valence-corrected chi connectivity index (χ1v) is 7.58. The Morgan fingerprint density at radius 2 is 1.65 bits per heavy atom. The summed E-state index contributed by atoms with van der Waals surface area (Å²) in [6, 6.07) is 22.2. The molecule has 3 rings (SSSR count). The second-order valence-electron chi connectivity index (χ2n) is 5.39. The third kappa shape index (κ3) is 4.06. The largest absolute Gasteiger partial charge is 0.294 e. The van der Waals surface area contributed by atoms with Crippen LogP contribution in [-0.2, 0) is 13.1 Å².